The highest BCUT2D eigenvalue weighted by atomic mass is 16.5. The van der Waals surface area contributed by atoms with Crippen molar-refractivity contribution in [2.45, 2.75) is 26.2 Å². The van der Waals surface area contributed by atoms with Crippen molar-refractivity contribution in [1.82, 2.24) is 5.32 Å². The second-order valence-electron chi connectivity index (χ2n) is 4.47. The molecule has 0 aliphatic heterocycles. The van der Waals surface area contributed by atoms with E-state index in [1.807, 2.05) is 19.1 Å². The monoisotopic (exact) mass is 222 g/mol. The van der Waals surface area contributed by atoms with E-state index in [0.717, 1.165) is 12.3 Å². The van der Waals surface area contributed by atoms with Gasteiger partial charge in [0.25, 0.3) is 0 Å². The average Bonchev–Trinajstić information content (AvgIpc) is 2.28. The van der Waals surface area contributed by atoms with Gasteiger partial charge in [-0.15, -0.1) is 0 Å². The molecule has 1 aromatic carbocycles. The number of nitrogens with one attached hydrogen (secondary N) is 1. The quantitative estimate of drug-likeness (QED) is 0.722. The van der Waals surface area contributed by atoms with Crippen LogP contribution in [0.15, 0.2) is 24.3 Å². The maximum atomic E-state index is 5.45. The molecule has 0 unspecified atom stereocenters. The smallest absolute Gasteiger partial charge is 0.119 e. The van der Waals surface area contributed by atoms with Gasteiger partial charge >= 0.3 is 0 Å². The van der Waals surface area contributed by atoms with E-state index in [2.05, 4.69) is 31.3 Å². The predicted molar refractivity (Wildman–Crippen MR) is 67.7 cm³/mol. The molecule has 1 rings (SSSR count). The summed E-state index contributed by atoms with van der Waals surface area (Å²) in [5, 5.41) is 3.17. The normalized spacial score (nSPS) is 11.5. The molecule has 0 saturated carbocycles. The van der Waals surface area contributed by atoms with Crippen molar-refractivity contribution in [2.75, 3.05) is 19.8 Å². The highest BCUT2D eigenvalue weighted by Crippen LogP contribution is 2.24. The summed E-state index contributed by atoms with van der Waals surface area (Å²) in [6, 6.07) is 8.26. The second-order valence-corrected chi connectivity index (χ2v) is 4.47. The Hall–Kier alpha value is -1.06. The van der Waals surface area contributed by atoms with Crippen LogP contribution in [0.2, 0.25) is 0 Å². The van der Waals surface area contributed by atoms with Crippen molar-refractivity contribution in [2.24, 2.45) is 5.73 Å². The van der Waals surface area contributed by atoms with Gasteiger partial charge in [0.05, 0.1) is 6.61 Å². The Kier molecular flexibility index (Phi) is 4.77. The van der Waals surface area contributed by atoms with Gasteiger partial charge in [-0.3, -0.25) is 0 Å². The Balaban J connectivity index is 2.71. The Labute approximate surface area is 98.0 Å². The molecule has 16 heavy (non-hydrogen) atoms. The Bertz CT molecular complexity index is 306. The van der Waals surface area contributed by atoms with Gasteiger partial charge in [0.1, 0.15) is 5.75 Å². The van der Waals surface area contributed by atoms with Crippen LogP contribution < -0.4 is 15.8 Å². The number of benzene rings is 1. The van der Waals surface area contributed by atoms with Crippen molar-refractivity contribution in [1.29, 1.82) is 0 Å². The minimum atomic E-state index is 0.0874. The first kappa shape index (κ1) is 13.0. The van der Waals surface area contributed by atoms with E-state index in [9.17, 15) is 0 Å². The van der Waals surface area contributed by atoms with Crippen molar-refractivity contribution in [3.05, 3.63) is 29.8 Å². The summed E-state index contributed by atoms with van der Waals surface area (Å²) in [4.78, 5) is 0. The van der Waals surface area contributed by atoms with Crippen LogP contribution in [0.5, 0.6) is 5.75 Å². The van der Waals surface area contributed by atoms with E-state index in [0.29, 0.717) is 13.3 Å². The van der Waals surface area contributed by atoms with E-state index in [-0.39, 0.29) is 5.41 Å². The third-order valence-corrected chi connectivity index (χ3v) is 2.66. The van der Waals surface area contributed by atoms with Gasteiger partial charge in [0.2, 0.25) is 0 Å². The third-order valence-electron chi connectivity index (χ3n) is 2.66. The molecular formula is C13H22N2O. The molecule has 3 N–H and O–H groups in total. The van der Waals surface area contributed by atoms with Crippen LogP contribution in [0.3, 0.4) is 0 Å². The fourth-order valence-corrected chi connectivity index (χ4v) is 1.66. The molecule has 0 bridgehead atoms. The molecule has 1 aromatic rings. The molecule has 0 saturated heterocycles. The van der Waals surface area contributed by atoms with Gasteiger partial charge < -0.3 is 15.8 Å². The molecule has 0 amide bonds. The highest BCUT2D eigenvalue weighted by molar-refractivity contribution is 5.31. The lowest BCUT2D eigenvalue weighted by molar-refractivity contribution is 0.340. The van der Waals surface area contributed by atoms with Gasteiger partial charge in [0.15, 0.2) is 0 Å². The van der Waals surface area contributed by atoms with Gasteiger partial charge in [-0.25, -0.2) is 0 Å². The molecule has 0 heterocycles. The summed E-state index contributed by atoms with van der Waals surface area (Å²) in [5.74, 6) is 0.925. The maximum absolute atomic E-state index is 5.45. The summed E-state index contributed by atoms with van der Waals surface area (Å²) in [5.41, 5.74) is 6.82. The largest absolute Gasteiger partial charge is 0.494 e. The first-order valence-electron chi connectivity index (χ1n) is 5.74. The summed E-state index contributed by atoms with van der Waals surface area (Å²) < 4.78 is 5.42. The highest BCUT2D eigenvalue weighted by Gasteiger charge is 2.19. The maximum Gasteiger partial charge on any atom is 0.119 e. The molecule has 90 valence electrons. The van der Waals surface area contributed by atoms with Gasteiger partial charge in [-0.2, -0.15) is 0 Å². The summed E-state index contributed by atoms with van der Waals surface area (Å²) >= 11 is 0. The minimum Gasteiger partial charge on any atom is -0.494 e. The third kappa shape index (κ3) is 3.51. The van der Waals surface area contributed by atoms with E-state index in [1.165, 1.54) is 5.56 Å². The number of rotatable bonds is 6. The van der Waals surface area contributed by atoms with Crippen molar-refractivity contribution < 1.29 is 4.74 Å². The van der Waals surface area contributed by atoms with E-state index in [4.69, 9.17) is 10.5 Å². The average molecular weight is 222 g/mol. The van der Waals surface area contributed by atoms with Crippen molar-refractivity contribution >= 4 is 0 Å². The molecule has 0 aliphatic carbocycles. The molecule has 0 spiro atoms. The number of hydrogen-bond acceptors (Lipinski definition) is 3. The van der Waals surface area contributed by atoms with Gasteiger partial charge in [0, 0.05) is 18.6 Å². The Morgan fingerprint density at radius 2 is 1.88 bits per heavy atom. The zero-order valence-corrected chi connectivity index (χ0v) is 10.4. The zero-order valence-electron chi connectivity index (χ0n) is 10.4. The number of nitrogens with two attached hydrogens (primary N) is 1. The molecule has 0 aromatic heterocycles. The fourth-order valence-electron chi connectivity index (χ4n) is 1.66. The molecule has 0 atom stereocenters. The summed E-state index contributed by atoms with van der Waals surface area (Å²) in [6.45, 7) is 8.48. The van der Waals surface area contributed by atoms with Crippen LogP contribution in [0.1, 0.15) is 26.3 Å². The van der Waals surface area contributed by atoms with Crippen LogP contribution >= 0.6 is 0 Å². The first-order valence-corrected chi connectivity index (χ1v) is 5.74. The molecule has 3 nitrogen and oxygen atoms in total. The van der Waals surface area contributed by atoms with Gasteiger partial charge in [-0.05, 0) is 24.6 Å². The summed E-state index contributed by atoms with van der Waals surface area (Å²) in [7, 11) is 0. The lowest BCUT2D eigenvalue weighted by Gasteiger charge is -2.25. The lowest BCUT2D eigenvalue weighted by atomic mass is 9.84. The second kappa shape index (κ2) is 5.87. The van der Waals surface area contributed by atoms with Crippen LogP contribution in [0.4, 0.5) is 0 Å². The van der Waals surface area contributed by atoms with Crippen LogP contribution in [0, 0.1) is 0 Å². The predicted octanol–water partition coefficient (Wildman–Crippen LogP) is 1.87. The lowest BCUT2D eigenvalue weighted by Crippen LogP contribution is -2.35. The van der Waals surface area contributed by atoms with Crippen molar-refractivity contribution in [3.8, 4) is 5.75 Å². The standard InChI is InChI=1S/C13H22N2O/c1-4-16-12-7-5-11(6-8-12)13(2,3)9-15-10-14/h5-8,15H,4,9-10,14H2,1-3H3. The van der Waals surface area contributed by atoms with Crippen molar-refractivity contribution in [3.63, 3.8) is 0 Å². The molecule has 0 aliphatic rings. The number of ether oxygens (including phenoxy) is 1. The topological polar surface area (TPSA) is 47.3 Å². The molecule has 3 heteroatoms. The minimum absolute atomic E-state index is 0.0874. The molecule has 0 radical (unpaired) electrons. The van der Waals surface area contributed by atoms with E-state index in [1.54, 1.807) is 0 Å². The SMILES string of the molecule is CCOc1ccc(C(C)(C)CNCN)cc1. The summed E-state index contributed by atoms with van der Waals surface area (Å²) in [6.07, 6.45) is 0. The van der Waals surface area contributed by atoms with Crippen LogP contribution in [-0.4, -0.2) is 19.8 Å². The van der Waals surface area contributed by atoms with Gasteiger partial charge in [-0.1, -0.05) is 26.0 Å². The van der Waals surface area contributed by atoms with E-state index < -0.39 is 0 Å². The van der Waals surface area contributed by atoms with Crippen LogP contribution in [-0.2, 0) is 5.41 Å². The Morgan fingerprint density at radius 3 is 2.38 bits per heavy atom. The van der Waals surface area contributed by atoms with Crippen LogP contribution in [0.25, 0.3) is 0 Å². The van der Waals surface area contributed by atoms with E-state index >= 15 is 0 Å². The first-order chi connectivity index (χ1) is 7.60. The molecular weight excluding hydrogens is 200 g/mol. The number of hydrogen-bond donors (Lipinski definition) is 2. The zero-order chi connectivity index (χ0) is 12.0. The Morgan fingerprint density at radius 1 is 1.25 bits per heavy atom. The molecule has 0 fully saturated rings. The fraction of sp³-hybridized carbons (Fsp3) is 0.538.